The van der Waals surface area contributed by atoms with Crippen LogP contribution in [-0.4, -0.2) is 4.57 Å². The number of hydrogen-bond donors (Lipinski definition) is 0. The lowest BCUT2D eigenvalue weighted by Gasteiger charge is -2.10. The third-order valence-corrected chi connectivity index (χ3v) is 10.7. The summed E-state index contributed by atoms with van der Waals surface area (Å²) >= 11 is 1.72. The molecule has 0 amide bonds. The van der Waals surface area contributed by atoms with Crippen LogP contribution in [0.4, 0.5) is 5.69 Å². The summed E-state index contributed by atoms with van der Waals surface area (Å²) in [7, 11) is 0. The van der Waals surface area contributed by atoms with Gasteiger partial charge >= 0.3 is 0 Å². The van der Waals surface area contributed by atoms with Gasteiger partial charge in [-0.05, 0) is 76.2 Å². The maximum absolute atomic E-state index is 8.20. The molecule has 3 nitrogen and oxygen atoms in total. The predicted octanol–water partition coefficient (Wildman–Crippen LogP) is 12.9. The minimum absolute atomic E-state index is 0.676. The van der Waals surface area contributed by atoms with Crippen molar-refractivity contribution in [1.82, 2.24) is 4.57 Å². The van der Waals surface area contributed by atoms with Gasteiger partial charge in [0, 0.05) is 31.6 Å². The molecule has 0 saturated heterocycles. The second kappa shape index (κ2) is 9.92. The van der Waals surface area contributed by atoms with Gasteiger partial charge in [-0.1, -0.05) is 97.1 Å². The van der Waals surface area contributed by atoms with E-state index in [1.165, 1.54) is 37.6 Å². The molecule has 10 aromatic rings. The van der Waals surface area contributed by atoms with Gasteiger partial charge < -0.3 is 8.98 Å². The van der Waals surface area contributed by atoms with Gasteiger partial charge in [0.05, 0.1) is 28.0 Å². The molecule has 0 spiro atoms. The monoisotopic (exact) mass is 616 g/mol. The summed E-state index contributed by atoms with van der Waals surface area (Å²) in [6.07, 6.45) is 0. The Morgan fingerprint density at radius 1 is 0.468 bits per heavy atom. The van der Waals surface area contributed by atoms with Crippen LogP contribution in [0.5, 0.6) is 0 Å². The molecule has 0 radical (unpaired) electrons. The van der Waals surface area contributed by atoms with Gasteiger partial charge in [0.1, 0.15) is 11.2 Å². The third kappa shape index (κ3) is 3.85. The van der Waals surface area contributed by atoms with Crippen LogP contribution in [0.3, 0.4) is 0 Å². The van der Waals surface area contributed by atoms with Crippen molar-refractivity contribution in [3.63, 3.8) is 0 Å². The molecule has 0 N–H and O–H groups in total. The summed E-state index contributed by atoms with van der Waals surface area (Å²) in [4.78, 5) is 4.05. The molecule has 0 aliphatic heterocycles. The lowest BCUT2D eigenvalue weighted by atomic mass is 9.99. The number of furan rings is 1. The van der Waals surface area contributed by atoms with Crippen LogP contribution < -0.4 is 0 Å². The van der Waals surface area contributed by atoms with E-state index in [0.29, 0.717) is 5.69 Å². The van der Waals surface area contributed by atoms with Crippen LogP contribution in [0.15, 0.2) is 150 Å². The molecule has 3 heterocycles. The molecule has 0 unspecified atom stereocenters. The van der Waals surface area contributed by atoms with Crippen LogP contribution >= 0.6 is 11.3 Å². The number of nitrogens with zero attached hydrogens (tertiary/aromatic N) is 2. The van der Waals surface area contributed by atoms with Crippen LogP contribution in [-0.2, 0) is 0 Å². The van der Waals surface area contributed by atoms with E-state index in [4.69, 9.17) is 11.0 Å². The van der Waals surface area contributed by atoms with E-state index < -0.39 is 0 Å². The highest BCUT2D eigenvalue weighted by atomic mass is 32.1. The Balaban J connectivity index is 1.23. The van der Waals surface area contributed by atoms with Gasteiger partial charge in [-0.25, -0.2) is 4.85 Å². The summed E-state index contributed by atoms with van der Waals surface area (Å²) in [6, 6.07) is 51.4. The summed E-state index contributed by atoms with van der Waals surface area (Å²) in [5.74, 6) is 0. The molecule has 0 aliphatic rings. The summed E-state index contributed by atoms with van der Waals surface area (Å²) in [5, 5.41) is 6.91. The zero-order valence-corrected chi connectivity index (χ0v) is 25.9. The lowest BCUT2D eigenvalue weighted by molar-refractivity contribution is 0.669. The molecule has 0 aliphatic carbocycles. The van der Waals surface area contributed by atoms with Crippen molar-refractivity contribution in [2.75, 3.05) is 0 Å². The molecule has 3 aromatic heterocycles. The minimum atomic E-state index is 0.676. The molecule has 218 valence electrons. The van der Waals surface area contributed by atoms with E-state index >= 15 is 0 Å². The molecule has 0 fully saturated rings. The van der Waals surface area contributed by atoms with Gasteiger partial charge in [-0.15, -0.1) is 11.3 Å². The maximum atomic E-state index is 8.20. The lowest BCUT2D eigenvalue weighted by Crippen LogP contribution is -1.94. The topological polar surface area (TPSA) is 22.4 Å². The van der Waals surface area contributed by atoms with Crippen LogP contribution in [0.1, 0.15) is 0 Å². The first-order valence-electron chi connectivity index (χ1n) is 15.6. The largest absolute Gasteiger partial charge is 0.456 e. The number of aromatic nitrogens is 1. The van der Waals surface area contributed by atoms with E-state index in [1.54, 1.807) is 11.3 Å². The first-order valence-corrected chi connectivity index (χ1v) is 16.4. The predicted molar refractivity (Wildman–Crippen MR) is 198 cm³/mol. The van der Waals surface area contributed by atoms with Gasteiger partial charge in [0.25, 0.3) is 0 Å². The molecule has 7 aromatic carbocycles. The molecule has 4 heteroatoms. The quantitative estimate of drug-likeness (QED) is 0.181. The number of fused-ring (bicyclic) bond motifs is 9. The second-order valence-corrected chi connectivity index (χ2v) is 13.0. The Labute approximate surface area is 274 Å². The Hall–Kier alpha value is -6.15. The van der Waals surface area contributed by atoms with E-state index in [2.05, 4.69) is 125 Å². The zero-order chi connectivity index (χ0) is 31.1. The average Bonchev–Trinajstić information content (AvgIpc) is 3.80. The van der Waals surface area contributed by atoms with E-state index in [0.717, 1.165) is 54.2 Å². The van der Waals surface area contributed by atoms with Crippen molar-refractivity contribution < 1.29 is 4.42 Å². The fourth-order valence-corrected chi connectivity index (χ4v) is 8.48. The highest BCUT2D eigenvalue weighted by Gasteiger charge is 2.19. The first-order chi connectivity index (χ1) is 23.2. The minimum Gasteiger partial charge on any atom is -0.456 e. The zero-order valence-electron chi connectivity index (χ0n) is 25.1. The third-order valence-electron chi connectivity index (χ3n) is 9.41. The van der Waals surface area contributed by atoms with Crippen LogP contribution in [0.25, 0.3) is 96.7 Å². The first kappa shape index (κ1) is 26.1. The van der Waals surface area contributed by atoms with E-state index in [9.17, 15) is 0 Å². The van der Waals surface area contributed by atoms with E-state index in [1.807, 2.05) is 30.3 Å². The maximum Gasteiger partial charge on any atom is 0.205 e. The average molecular weight is 617 g/mol. The van der Waals surface area contributed by atoms with Crippen molar-refractivity contribution in [3.05, 3.63) is 157 Å². The van der Waals surface area contributed by atoms with Crippen molar-refractivity contribution in [3.8, 4) is 27.9 Å². The summed E-state index contributed by atoms with van der Waals surface area (Å²) < 4.78 is 10.7. The highest BCUT2D eigenvalue weighted by molar-refractivity contribution is 7.26. The fourth-order valence-electron chi connectivity index (χ4n) is 7.24. The molecular formula is C43H24N2OS. The molecule has 0 bridgehead atoms. The van der Waals surface area contributed by atoms with Crippen molar-refractivity contribution in [2.45, 2.75) is 0 Å². The summed E-state index contributed by atoms with van der Waals surface area (Å²) in [5.41, 5.74) is 10.4. The van der Waals surface area contributed by atoms with Crippen molar-refractivity contribution in [2.24, 2.45) is 0 Å². The SMILES string of the molecule is [C-]#[N+]c1cc(-c2ccc3oc4ccccc4c3c2)cc2c1sc1c(-n3c4ccccc4c4ccc(-c5ccccc5)cc43)cccc12. The van der Waals surface area contributed by atoms with Gasteiger partial charge in [0.15, 0.2) is 0 Å². The molecule has 10 rings (SSSR count). The normalized spacial score (nSPS) is 11.8. The Kier molecular flexibility index (Phi) is 5.51. The van der Waals surface area contributed by atoms with Gasteiger partial charge in [-0.3, -0.25) is 0 Å². The summed E-state index contributed by atoms with van der Waals surface area (Å²) in [6.45, 7) is 8.20. The fraction of sp³-hybridized carbons (Fsp3) is 0. The highest BCUT2D eigenvalue weighted by Crippen LogP contribution is 2.46. The number of thiophene rings is 1. The Morgan fingerprint density at radius 3 is 2.06 bits per heavy atom. The Morgan fingerprint density at radius 2 is 1.17 bits per heavy atom. The van der Waals surface area contributed by atoms with Crippen molar-refractivity contribution in [1.29, 1.82) is 0 Å². The molecular weight excluding hydrogens is 593 g/mol. The second-order valence-electron chi connectivity index (χ2n) is 12.0. The Bertz CT molecular complexity index is 2920. The van der Waals surface area contributed by atoms with Crippen LogP contribution in [0, 0.1) is 6.57 Å². The number of rotatable bonds is 3. The molecule has 47 heavy (non-hydrogen) atoms. The molecule has 0 atom stereocenters. The van der Waals surface area contributed by atoms with Gasteiger partial charge in [0.2, 0.25) is 5.69 Å². The number of hydrogen-bond acceptors (Lipinski definition) is 2. The smallest absolute Gasteiger partial charge is 0.205 e. The number of benzene rings is 7. The number of para-hydroxylation sites is 2. The van der Waals surface area contributed by atoms with Crippen molar-refractivity contribution >= 4 is 80.9 Å². The van der Waals surface area contributed by atoms with Crippen LogP contribution in [0.2, 0.25) is 0 Å². The standard InChI is InChI=1S/C43H24N2OS/c1-44-36-24-29(27-19-21-41-34(22-27)32-13-6-8-17-40(32)46-41)23-35-33-14-9-16-38(43(33)47-42(35)36)45-37-15-7-5-12-30(37)31-20-18-28(25-39(31)45)26-10-3-2-4-11-26/h2-25H. The van der Waals surface area contributed by atoms with Gasteiger partial charge in [-0.2, -0.15) is 0 Å². The van der Waals surface area contributed by atoms with E-state index in [-0.39, 0.29) is 0 Å². The molecule has 0 saturated carbocycles.